The summed E-state index contributed by atoms with van der Waals surface area (Å²) in [5, 5.41) is 8.81. The molecule has 40 valence electrons. The predicted octanol–water partition coefficient (Wildman–Crippen LogP) is -3.11. The van der Waals surface area contributed by atoms with E-state index in [0.29, 0.717) is 0 Å². The Bertz CT molecular complexity index is 36.5. The van der Waals surface area contributed by atoms with Crippen molar-refractivity contribution in [1.29, 1.82) is 0 Å². The summed E-state index contributed by atoms with van der Waals surface area (Å²) in [4.78, 5) is 8.31. The molecule has 0 rings (SSSR count). The van der Waals surface area contributed by atoms with Gasteiger partial charge in [-0.1, -0.05) is 0 Å². The summed E-state index contributed by atoms with van der Waals surface area (Å²) >= 11 is 0. The average Bonchev–Trinajstić information content (AvgIpc) is 0.811. The quantitative estimate of drug-likeness (QED) is 0.210. The first kappa shape index (κ1) is 16.4. The molecule has 0 radical (unpaired) electrons. The van der Waals surface area contributed by atoms with Gasteiger partial charge in [-0.2, -0.15) is 0 Å². The maximum absolute atomic E-state index is 8.81. The first-order chi connectivity index (χ1) is 1.73. The molecule has 0 aromatic carbocycles. The number of nitrogens with zero attached hydrogens (tertiary/aromatic N) is 1. The first-order valence-electron chi connectivity index (χ1n) is 0.812. The number of rotatable bonds is 0. The van der Waals surface area contributed by atoms with Gasteiger partial charge in [0.2, 0.25) is 0 Å². The molecule has 0 amide bonds. The average molecular weight is 152 g/mol. The van der Waals surface area contributed by atoms with Gasteiger partial charge in [0, 0.05) is 22.0 Å². The van der Waals surface area contributed by atoms with Gasteiger partial charge >= 0.3 is 0 Å². The second-order valence-electron chi connectivity index (χ2n) is 0.440. The van der Waals surface area contributed by atoms with Crippen molar-refractivity contribution in [3.05, 3.63) is 10.1 Å². The first-order valence-corrected chi connectivity index (χ1v) is 0.812. The Labute approximate surface area is 52.1 Å². The Hall–Kier alpha value is 0.209. The predicted molar refractivity (Wildman–Crippen MR) is 12.9 cm³/mol. The van der Waals surface area contributed by atoms with Crippen molar-refractivity contribution in [2.75, 3.05) is 7.05 Å². The van der Waals surface area contributed by atoms with E-state index in [-0.39, 0.29) is 29.5 Å². The summed E-state index contributed by atoms with van der Waals surface area (Å²) in [6, 6.07) is 0. The van der Waals surface area contributed by atoms with Gasteiger partial charge in [0.1, 0.15) is 0 Å². The van der Waals surface area contributed by atoms with Gasteiger partial charge in [0.25, 0.3) is 0 Å². The van der Waals surface area contributed by atoms with E-state index in [2.05, 4.69) is 0 Å². The second kappa shape index (κ2) is 8.96. The fourth-order valence-electron chi connectivity index (χ4n) is 0. The maximum Gasteiger partial charge on any atom is 0.194 e. The summed E-state index contributed by atoms with van der Waals surface area (Å²) in [6.45, 7) is 0. The minimum absolute atomic E-state index is 0. The van der Waals surface area contributed by atoms with Crippen LogP contribution in [0, 0.1) is 10.1 Å². The molecule has 0 aromatic heterocycles. The van der Waals surface area contributed by atoms with Crippen molar-refractivity contribution in [1.82, 2.24) is 0 Å². The van der Waals surface area contributed by atoms with Crippen molar-refractivity contribution in [2.45, 2.75) is 0 Å². The molecule has 0 heterocycles. The molecule has 0 aliphatic carbocycles. The largest absolute Gasteiger partial charge is 1.00 e. The minimum Gasteiger partial charge on any atom is -1.00 e. The molecular weight excluding hydrogens is 149 g/mol. The Morgan fingerprint density at radius 1 is 1.67 bits per heavy atom. The van der Waals surface area contributed by atoms with Gasteiger partial charge in [0.05, 0.1) is 0 Å². The molecule has 0 N–H and O–H groups in total. The Balaban J connectivity index is -0.0000000450. The van der Waals surface area contributed by atoms with Gasteiger partial charge in [-0.15, -0.1) is 0 Å². The van der Waals surface area contributed by atoms with Gasteiger partial charge in [-0.05, 0) is 0 Å². The van der Waals surface area contributed by atoms with Crippen LogP contribution in [0.1, 0.15) is 0 Å². The molecule has 0 aromatic rings. The summed E-state index contributed by atoms with van der Waals surface area (Å²) < 4.78 is 0. The van der Waals surface area contributed by atoms with E-state index in [1.165, 1.54) is 0 Å². The second-order valence-corrected chi connectivity index (χ2v) is 0.440. The van der Waals surface area contributed by atoms with Crippen LogP contribution in [0.4, 0.5) is 0 Å². The van der Waals surface area contributed by atoms with Crippen LogP contribution in [0.3, 0.4) is 0 Å². The number of halogens is 1. The summed E-state index contributed by atoms with van der Waals surface area (Å²) in [7, 11) is 0.889. The summed E-state index contributed by atoms with van der Waals surface area (Å²) in [6.07, 6.45) is 0. The van der Waals surface area contributed by atoms with Crippen molar-refractivity contribution in [3.8, 4) is 0 Å². The summed E-state index contributed by atoms with van der Waals surface area (Å²) in [5.74, 6) is 0. The smallest absolute Gasteiger partial charge is 0.194 e. The van der Waals surface area contributed by atoms with Crippen molar-refractivity contribution < 1.29 is 34.4 Å². The van der Waals surface area contributed by atoms with Crippen LogP contribution in [0.25, 0.3) is 0 Å². The van der Waals surface area contributed by atoms with Crippen molar-refractivity contribution >= 4 is 0 Å². The van der Waals surface area contributed by atoms with Gasteiger partial charge < -0.3 is 12.4 Å². The zero-order valence-electron chi connectivity index (χ0n) is 3.00. The van der Waals surface area contributed by atoms with Crippen LogP contribution in [0.2, 0.25) is 0 Å². The molecule has 6 heavy (non-hydrogen) atoms. The molecular formula is CH3ClFeNO2-. The van der Waals surface area contributed by atoms with Crippen LogP contribution < -0.4 is 12.4 Å². The Kier molecular flexibility index (Phi) is 24.4. The zero-order valence-corrected chi connectivity index (χ0v) is 4.86. The van der Waals surface area contributed by atoms with E-state index in [1.54, 1.807) is 0 Å². The molecule has 0 saturated carbocycles. The third-order valence-corrected chi connectivity index (χ3v) is 0. The molecule has 0 bridgehead atoms. The van der Waals surface area contributed by atoms with E-state index in [9.17, 15) is 0 Å². The minimum atomic E-state index is -0.500. The zero-order chi connectivity index (χ0) is 3.58. The van der Waals surface area contributed by atoms with Gasteiger partial charge in [-0.25, -0.2) is 0 Å². The number of nitro groups is 1. The van der Waals surface area contributed by atoms with Crippen molar-refractivity contribution in [2.24, 2.45) is 0 Å². The molecule has 5 heteroatoms. The van der Waals surface area contributed by atoms with Crippen LogP contribution in [-0.4, -0.2) is 12.0 Å². The van der Waals surface area contributed by atoms with Crippen LogP contribution in [-0.2, 0) is 17.1 Å². The molecule has 0 unspecified atom stereocenters. The molecule has 0 saturated heterocycles. The van der Waals surface area contributed by atoms with E-state index in [4.69, 9.17) is 10.1 Å². The monoisotopic (exact) mass is 152 g/mol. The number of hydrogen-bond acceptors (Lipinski definition) is 2. The molecule has 3 nitrogen and oxygen atoms in total. The summed E-state index contributed by atoms with van der Waals surface area (Å²) in [5.41, 5.74) is 0. The normalized spacial score (nSPS) is 4.17. The van der Waals surface area contributed by atoms with Crippen molar-refractivity contribution in [3.63, 3.8) is 0 Å². The fourth-order valence-corrected chi connectivity index (χ4v) is 0. The molecule has 0 spiro atoms. The third kappa shape index (κ3) is 988. The van der Waals surface area contributed by atoms with Crippen LogP contribution in [0.5, 0.6) is 0 Å². The van der Waals surface area contributed by atoms with Gasteiger partial charge in [0.15, 0.2) is 7.05 Å². The van der Waals surface area contributed by atoms with E-state index >= 15 is 0 Å². The molecule has 0 atom stereocenters. The Morgan fingerprint density at radius 3 is 1.67 bits per heavy atom. The number of hydrogen-bond donors (Lipinski definition) is 0. The fraction of sp³-hybridized carbons (Fsp3) is 1.00. The Morgan fingerprint density at radius 2 is 1.67 bits per heavy atom. The van der Waals surface area contributed by atoms with E-state index in [0.717, 1.165) is 7.05 Å². The SMILES string of the molecule is C[N+](=O)[O-].[Cl-].[Fe]. The topological polar surface area (TPSA) is 43.1 Å². The van der Waals surface area contributed by atoms with E-state index in [1.807, 2.05) is 0 Å². The standard InChI is InChI=1S/CH3NO2.ClH.Fe/c1-2(3)4;;/h1H3;1H;/p-1. The maximum atomic E-state index is 8.81. The van der Waals surface area contributed by atoms with Gasteiger partial charge in [-0.3, -0.25) is 10.1 Å². The molecule has 0 fully saturated rings. The van der Waals surface area contributed by atoms with E-state index < -0.39 is 4.92 Å². The third-order valence-electron chi connectivity index (χ3n) is 0. The molecule has 0 aliphatic rings. The van der Waals surface area contributed by atoms with Crippen LogP contribution in [0.15, 0.2) is 0 Å². The molecule has 0 aliphatic heterocycles. The van der Waals surface area contributed by atoms with Crippen LogP contribution >= 0.6 is 0 Å².